The minimum Gasteiger partial charge on any atom is -0.479 e. The standard InChI is InChI=1S/C13H16N2O3S/c1-13(2,3)18-10(12(16)17)8-4-5-9(19)15-7-6-14-11(8)15/h4-6,10H,7H2,1-3H3,(H,16,17). The Morgan fingerprint density at radius 1 is 1.53 bits per heavy atom. The molecule has 5 nitrogen and oxygen atoms in total. The van der Waals surface area contributed by atoms with E-state index in [9.17, 15) is 9.90 Å². The number of ether oxygens (including phenoxy) is 1. The third-order valence-corrected chi connectivity index (χ3v) is 3.00. The van der Waals surface area contributed by atoms with Gasteiger partial charge in [0, 0.05) is 11.8 Å². The number of carboxylic acid groups (broad SMARTS) is 1. The zero-order valence-electron chi connectivity index (χ0n) is 11.1. The summed E-state index contributed by atoms with van der Waals surface area (Å²) in [4.78, 5) is 15.7. The molecule has 0 radical (unpaired) electrons. The minimum atomic E-state index is -1.05. The molecule has 2 heterocycles. The van der Waals surface area contributed by atoms with Gasteiger partial charge in [0.2, 0.25) is 0 Å². The fourth-order valence-electron chi connectivity index (χ4n) is 1.92. The fourth-order valence-corrected chi connectivity index (χ4v) is 2.15. The monoisotopic (exact) mass is 280 g/mol. The summed E-state index contributed by atoms with van der Waals surface area (Å²) < 4.78 is 8.06. The zero-order chi connectivity index (χ0) is 14.2. The van der Waals surface area contributed by atoms with Crippen LogP contribution < -0.4 is 0 Å². The number of pyridine rings is 1. The topological polar surface area (TPSA) is 63.8 Å². The van der Waals surface area contributed by atoms with Crippen LogP contribution in [0.15, 0.2) is 17.1 Å². The van der Waals surface area contributed by atoms with E-state index in [1.54, 1.807) is 22.9 Å². The highest BCUT2D eigenvalue weighted by Crippen LogP contribution is 2.33. The lowest BCUT2D eigenvalue weighted by Gasteiger charge is -2.26. The summed E-state index contributed by atoms with van der Waals surface area (Å²) in [6.45, 7) is 6.03. The lowest BCUT2D eigenvalue weighted by atomic mass is 10.1. The second kappa shape index (κ2) is 4.86. The van der Waals surface area contributed by atoms with Crippen molar-refractivity contribution < 1.29 is 14.6 Å². The number of aliphatic carboxylic acids is 1. The summed E-state index contributed by atoms with van der Waals surface area (Å²) >= 11 is 5.19. The van der Waals surface area contributed by atoms with E-state index in [-0.39, 0.29) is 0 Å². The van der Waals surface area contributed by atoms with Gasteiger partial charge in [-0.2, -0.15) is 0 Å². The number of hydrogen-bond donors (Lipinski definition) is 1. The van der Waals surface area contributed by atoms with E-state index in [2.05, 4.69) is 4.99 Å². The van der Waals surface area contributed by atoms with E-state index < -0.39 is 17.7 Å². The molecule has 102 valence electrons. The molecule has 6 heteroatoms. The average molecular weight is 280 g/mol. The van der Waals surface area contributed by atoms with Crippen molar-refractivity contribution >= 4 is 30.2 Å². The molecule has 1 N–H and O–H groups in total. The van der Waals surface area contributed by atoms with Gasteiger partial charge in [0.1, 0.15) is 10.5 Å². The van der Waals surface area contributed by atoms with Crippen LogP contribution in [-0.2, 0) is 16.1 Å². The summed E-state index contributed by atoms with van der Waals surface area (Å²) in [5.41, 5.74) is -0.0278. The molecule has 1 unspecified atom stereocenters. The first-order valence-corrected chi connectivity index (χ1v) is 6.37. The summed E-state index contributed by atoms with van der Waals surface area (Å²) in [5, 5.41) is 9.38. The lowest BCUT2D eigenvalue weighted by molar-refractivity contribution is -0.160. The van der Waals surface area contributed by atoms with E-state index in [4.69, 9.17) is 17.0 Å². The molecule has 1 aromatic rings. The van der Waals surface area contributed by atoms with Crippen molar-refractivity contribution in [1.82, 2.24) is 4.57 Å². The van der Waals surface area contributed by atoms with Gasteiger partial charge in [-0.1, -0.05) is 12.2 Å². The first kappa shape index (κ1) is 13.9. The number of rotatable bonds is 3. The molecule has 0 saturated heterocycles. The first-order valence-electron chi connectivity index (χ1n) is 5.96. The van der Waals surface area contributed by atoms with E-state index in [1.165, 1.54) is 0 Å². The summed E-state index contributed by atoms with van der Waals surface area (Å²) in [6, 6.07) is 3.39. The normalized spacial score (nSPS) is 15.3. The maximum atomic E-state index is 11.5. The van der Waals surface area contributed by atoms with E-state index >= 15 is 0 Å². The molecular formula is C13H16N2O3S. The van der Waals surface area contributed by atoms with Crippen molar-refractivity contribution in [2.24, 2.45) is 4.99 Å². The summed E-state index contributed by atoms with van der Waals surface area (Å²) in [5.74, 6) is -0.457. The maximum absolute atomic E-state index is 11.5. The molecule has 1 aromatic heterocycles. The Bertz CT molecular complexity index is 599. The number of aliphatic imine (C=N–C) groups is 1. The molecule has 0 spiro atoms. The van der Waals surface area contributed by atoms with Crippen LogP contribution in [0.3, 0.4) is 0 Å². The van der Waals surface area contributed by atoms with Crippen molar-refractivity contribution in [3.63, 3.8) is 0 Å². The third kappa shape index (κ3) is 2.90. The van der Waals surface area contributed by atoms with Gasteiger partial charge in [-0.15, -0.1) is 0 Å². The van der Waals surface area contributed by atoms with Gasteiger partial charge in [0.05, 0.1) is 12.1 Å². The number of carbonyl (C=O) groups is 1. The average Bonchev–Trinajstić information content (AvgIpc) is 2.75. The molecule has 19 heavy (non-hydrogen) atoms. The Morgan fingerprint density at radius 3 is 2.79 bits per heavy atom. The van der Waals surface area contributed by atoms with Crippen LogP contribution in [0.2, 0.25) is 0 Å². The molecule has 1 aliphatic rings. The smallest absolute Gasteiger partial charge is 0.337 e. The van der Waals surface area contributed by atoms with Crippen molar-refractivity contribution in [2.45, 2.75) is 39.0 Å². The van der Waals surface area contributed by atoms with E-state index in [0.29, 0.717) is 22.6 Å². The lowest BCUT2D eigenvalue weighted by Crippen LogP contribution is -2.27. The van der Waals surface area contributed by atoms with Crippen LogP contribution in [-0.4, -0.2) is 27.5 Å². The van der Waals surface area contributed by atoms with Gasteiger partial charge in [0.25, 0.3) is 0 Å². The molecule has 1 atom stereocenters. The van der Waals surface area contributed by atoms with Crippen LogP contribution in [0.5, 0.6) is 0 Å². The molecule has 0 aromatic carbocycles. The van der Waals surface area contributed by atoms with Gasteiger partial charge in [-0.25, -0.2) is 9.79 Å². The molecule has 0 saturated carbocycles. The molecular weight excluding hydrogens is 264 g/mol. The predicted octanol–water partition coefficient (Wildman–Crippen LogP) is 2.87. The predicted molar refractivity (Wildman–Crippen MR) is 74.6 cm³/mol. The fraction of sp³-hybridized carbons (Fsp3) is 0.462. The third-order valence-electron chi connectivity index (χ3n) is 2.64. The van der Waals surface area contributed by atoms with Crippen molar-refractivity contribution in [3.05, 3.63) is 22.3 Å². The highest BCUT2D eigenvalue weighted by Gasteiger charge is 2.30. The molecule has 0 amide bonds. The highest BCUT2D eigenvalue weighted by atomic mass is 32.1. The Morgan fingerprint density at radius 2 is 2.21 bits per heavy atom. The van der Waals surface area contributed by atoms with Gasteiger partial charge >= 0.3 is 5.97 Å². The molecule has 0 bridgehead atoms. The van der Waals surface area contributed by atoms with Crippen LogP contribution >= 0.6 is 12.2 Å². The molecule has 0 fully saturated rings. The van der Waals surface area contributed by atoms with Gasteiger partial charge in [0.15, 0.2) is 6.10 Å². The Kier molecular flexibility index (Phi) is 3.56. The largest absolute Gasteiger partial charge is 0.479 e. The van der Waals surface area contributed by atoms with Gasteiger partial charge in [-0.3, -0.25) is 0 Å². The Hall–Kier alpha value is -1.53. The second-order valence-corrected chi connectivity index (χ2v) is 5.74. The van der Waals surface area contributed by atoms with E-state index in [0.717, 1.165) is 0 Å². The van der Waals surface area contributed by atoms with Crippen molar-refractivity contribution in [2.75, 3.05) is 0 Å². The zero-order valence-corrected chi connectivity index (χ0v) is 11.9. The van der Waals surface area contributed by atoms with Crippen LogP contribution in [0.25, 0.3) is 0 Å². The first-order chi connectivity index (χ1) is 8.79. The van der Waals surface area contributed by atoms with Crippen molar-refractivity contribution in [3.8, 4) is 0 Å². The van der Waals surface area contributed by atoms with E-state index in [1.807, 2.05) is 20.8 Å². The maximum Gasteiger partial charge on any atom is 0.337 e. The number of carboxylic acids is 1. The summed E-state index contributed by atoms with van der Waals surface area (Å²) in [6.07, 6.45) is 0.664. The number of aromatic nitrogens is 1. The Balaban J connectivity index is 2.50. The van der Waals surface area contributed by atoms with Gasteiger partial charge in [-0.05, 0) is 32.9 Å². The number of nitrogens with zero attached hydrogens (tertiary/aromatic N) is 2. The highest BCUT2D eigenvalue weighted by molar-refractivity contribution is 7.71. The van der Waals surface area contributed by atoms with Crippen LogP contribution in [0, 0.1) is 4.64 Å². The molecule has 0 aliphatic carbocycles. The van der Waals surface area contributed by atoms with Crippen LogP contribution in [0.1, 0.15) is 32.4 Å². The Labute approximate surface area is 116 Å². The van der Waals surface area contributed by atoms with Crippen molar-refractivity contribution in [1.29, 1.82) is 0 Å². The SMILES string of the molecule is CC(C)(C)OC(C(=O)O)c1ccc(=S)n2c1N=CC2. The van der Waals surface area contributed by atoms with Crippen LogP contribution in [0.4, 0.5) is 5.82 Å². The number of hydrogen-bond acceptors (Lipinski definition) is 4. The minimum absolute atomic E-state index is 0.532. The number of fused-ring (bicyclic) bond motifs is 1. The quantitative estimate of drug-likeness (QED) is 0.865. The molecule has 2 rings (SSSR count). The second-order valence-electron chi connectivity index (χ2n) is 5.32. The molecule has 1 aliphatic heterocycles. The summed E-state index contributed by atoms with van der Waals surface area (Å²) in [7, 11) is 0. The van der Waals surface area contributed by atoms with Gasteiger partial charge < -0.3 is 14.4 Å².